The molecule has 5 nitrogen and oxygen atoms in total. The first-order valence-corrected chi connectivity index (χ1v) is 7.77. The maximum absolute atomic E-state index is 11.9. The van der Waals surface area contributed by atoms with Crippen LogP contribution in [0.4, 0.5) is 13.2 Å². The summed E-state index contributed by atoms with van der Waals surface area (Å²) in [6.07, 6.45) is -6.15. The summed E-state index contributed by atoms with van der Waals surface area (Å²) < 4.78 is 59.9. The summed E-state index contributed by atoms with van der Waals surface area (Å²) in [6, 6.07) is -1.18. The Balaban J connectivity index is 2.61. The number of sulfonamides is 1. The van der Waals surface area contributed by atoms with E-state index in [4.69, 9.17) is 5.11 Å². The minimum atomic E-state index is -4.40. The van der Waals surface area contributed by atoms with Gasteiger partial charge in [0, 0.05) is 12.2 Å². The molecule has 0 aliphatic carbocycles. The largest absolute Gasteiger partial charge is 0.480 e. The van der Waals surface area contributed by atoms with Gasteiger partial charge in [0.05, 0.1) is 11.6 Å². The predicted molar refractivity (Wildman–Crippen MR) is 59.7 cm³/mol. The molecule has 0 saturated carbocycles. The van der Waals surface area contributed by atoms with Crippen LogP contribution in [-0.2, 0) is 14.8 Å². The van der Waals surface area contributed by atoms with Crippen molar-refractivity contribution in [1.82, 2.24) is 4.31 Å². The fourth-order valence-electron chi connectivity index (χ4n) is 1.47. The van der Waals surface area contributed by atoms with E-state index in [-0.39, 0.29) is 11.6 Å². The molecule has 1 fully saturated rings. The second-order valence-electron chi connectivity index (χ2n) is 3.78. The summed E-state index contributed by atoms with van der Waals surface area (Å²) in [6.45, 7) is 0. The van der Waals surface area contributed by atoms with Crippen LogP contribution in [-0.4, -0.2) is 53.4 Å². The Kier molecular flexibility index (Phi) is 4.90. The van der Waals surface area contributed by atoms with Crippen LogP contribution >= 0.6 is 11.8 Å². The molecule has 1 rings (SSSR count). The summed E-state index contributed by atoms with van der Waals surface area (Å²) in [5, 5.41) is 8.80. The average molecular weight is 307 g/mol. The van der Waals surface area contributed by atoms with Gasteiger partial charge in [-0.1, -0.05) is 0 Å². The minimum Gasteiger partial charge on any atom is -0.480 e. The number of carboxylic acid groups (broad SMARTS) is 1. The van der Waals surface area contributed by atoms with Crippen molar-refractivity contribution >= 4 is 27.8 Å². The van der Waals surface area contributed by atoms with E-state index < -0.39 is 46.8 Å². The standard InChI is InChI=1S/C8H12F3NO4S2/c9-8(10,11)2-1-3-18(15,16)12-5-17-4-6(12)7(13)14/h6H,1-5H2,(H,13,14). The zero-order valence-electron chi connectivity index (χ0n) is 9.18. The van der Waals surface area contributed by atoms with Crippen LogP contribution in [0.25, 0.3) is 0 Å². The van der Waals surface area contributed by atoms with Crippen molar-refractivity contribution in [1.29, 1.82) is 0 Å². The average Bonchev–Trinajstić information content (AvgIpc) is 2.63. The third-order valence-electron chi connectivity index (χ3n) is 2.35. The number of hydrogen-bond acceptors (Lipinski definition) is 4. The fraction of sp³-hybridized carbons (Fsp3) is 0.875. The highest BCUT2D eigenvalue weighted by atomic mass is 32.2. The molecule has 0 aromatic carbocycles. The summed E-state index contributed by atoms with van der Waals surface area (Å²) >= 11 is 1.13. The molecule has 1 saturated heterocycles. The van der Waals surface area contributed by atoms with Crippen LogP contribution in [0.3, 0.4) is 0 Å². The van der Waals surface area contributed by atoms with Crippen molar-refractivity contribution in [2.75, 3.05) is 17.4 Å². The number of halogens is 3. The van der Waals surface area contributed by atoms with E-state index >= 15 is 0 Å². The Labute approximate surface area is 106 Å². The Hall–Kier alpha value is -0.480. The second-order valence-corrected chi connectivity index (χ2v) is 6.82. The molecule has 0 amide bonds. The first-order chi connectivity index (χ1) is 8.13. The van der Waals surface area contributed by atoms with E-state index in [0.717, 1.165) is 16.1 Å². The molecule has 0 radical (unpaired) electrons. The topological polar surface area (TPSA) is 74.7 Å². The van der Waals surface area contributed by atoms with Crippen LogP contribution in [0.1, 0.15) is 12.8 Å². The van der Waals surface area contributed by atoms with Gasteiger partial charge in [-0.25, -0.2) is 8.42 Å². The van der Waals surface area contributed by atoms with E-state index in [2.05, 4.69) is 0 Å². The van der Waals surface area contributed by atoms with Gasteiger partial charge in [-0.2, -0.15) is 17.5 Å². The van der Waals surface area contributed by atoms with Gasteiger partial charge in [-0.05, 0) is 6.42 Å². The molecule has 1 aliphatic rings. The molecule has 106 valence electrons. The first kappa shape index (κ1) is 15.6. The molecule has 1 heterocycles. The van der Waals surface area contributed by atoms with Gasteiger partial charge < -0.3 is 5.11 Å². The quantitative estimate of drug-likeness (QED) is 0.824. The van der Waals surface area contributed by atoms with E-state index in [9.17, 15) is 26.4 Å². The molecule has 1 aliphatic heterocycles. The molecule has 10 heteroatoms. The molecule has 1 N–H and O–H groups in total. The third-order valence-corrected chi connectivity index (χ3v) is 5.43. The monoisotopic (exact) mass is 307 g/mol. The molecular formula is C8H12F3NO4S2. The lowest BCUT2D eigenvalue weighted by Crippen LogP contribution is -2.42. The summed E-state index contributed by atoms with van der Waals surface area (Å²) in [5.74, 6) is -1.87. The maximum atomic E-state index is 11.9. The lowest BCUT2D eigenvalue weighted by Gasteiger charge is -2.20. The van der Waals surface area contributed by atoms with Gasteiger partial charge in [0.1, 0.15) is 6.04 Å². The van der Waals surface area contributed by atoms with Crippen molar-refractivity contribution in [2.24, 2.45) is 0 Å². The normalized spacial score (nSPS) is 22.3. The second kappa shape index (κ2) is 5.66. The molecule has 0 aromatic rings. The highest BCUT2D eigenvalue weighted by molar-refractivity contribution is 8.00. The first-order valence-electron chi connectivity index (χ1n) is 5.00. The van der Waals surface area contributed by atoms with Gasteiger partial charge >= 0.3 is 12.1 Å². The van der Waals surface area contributed by atoms with Gasteiger partial charge in [-0.3, -0.25) is 4.79 Å². The summed E-state index contributed by atoms with van der Waals surface area (Å²) in [4.78, 5) is 10.8. The number of alkyl halides is 3. The molecule has 1 unspecified atom stereocenters. The SMILES string of the molecule is O=C(O)C1CSCN1S(=O)(=O)CCCC(F)(F)F. The Morgan fingerprint density at radius 1 is 1.44 bits per heavy atom. The van der Waals surface area contributed by atoms with E-state index in [1.807, 2.05) is 0 Å². The number of thioether (sulfide) groups is 1. The minimum absolute atomic E-state index is 0.0225. The van der Waals surface area contributed by atoms with Crippen molar-refractivity contribution in [3.05, 3.63) is 0 Å². The third kappa shape index (κ3) is 4.32. The van der Waals surface area contributed by atoms with E-state index in [0.29, 0.717) is 0 Å². The highest BCUT2D eigenvalue weighted by Crippen LogP contribution is 2.26. The molecule has 18 heavy (non-hydrogen) atoms. The van der Waals surface area contributed by atoms with Gasteiger partial charge in [-0.15, -0.1) is 11.8 Å². The Morgan fingerprint density at radius 2 is 2.06 bits per heavy atom. The highest BCUT2D eigenvalue weighted by Gasteiger charge is 2.39. The zero-order valence-corrected chi connectivity index (χ0v) is 10.8. The van der Waals surface area contributed by atoms with Gasteiger partial charge in [0.25, 0.3) is 0 Å². The fourth-order valence-corrected chi connectivity index (χ4v) is 4.74. The lowest BCUT2D eigenvalue weighted by atomic mass is 10.3. The molecular weight excluding hydrogens is 295 g/mol. The number of carbonyl (C=O) groups is 1. The lowest BCUT2D eigenvalue weighted by molar-refractivity contribution is -0.140. The maximum Gasteiger partial charge on any atom is 0.389 e. The zero-order chi connectivity index (χ0) is 14.0. The van der Waals surface area contributed by atoms with Crippen molar-refractivity contribution < 1.29 is 31.5 Å². The smallest absolute Gasteiger partial charge is 0.389 e. The molecule has 0 aromatic heterocycles. The molecule has 0 bridgehead atoms. The number of aliphatic carboxylic acids is 1. The van der Waals surface area contributed by atoms with Crippen molar-refractivity contribution in [3.8, 4) is 0 Å². The number of hydrogen-bond donors (Lipinski definition) is 1. The van der Waals surface area contributed by atoms with Crippen LogP contribution in [0.5, 0.6) is 0 Å². The van der Waals surface area contributed by atoms with Crippen molar-refractivity contribution in [2.45, 2.75) is 25.1 Å². The predicted octanol–water partition coefficient (Wildman–Crippen LogP) is 1.12. The number of carboxylic acids is 1. The van der Waals surface area contributed by atoms with Gasteiger partial charge in [0.2, 0.25) is 10.0 Å². The van der Waals surface area contributed by atoms with E-state index in [1.165, 1.54) is 0 Å². The Morgan fingerprint density at radius 3 is 2.56 bits per heavy atom. The molecule has 0 spiro atoms. The summed E-state index contributed by atoms with van der Waals surface area (Å²) in [7, 11) is -3.94. The Bertz CT molecular complexity index is 409. The molecule has 1 atom stereocenters. The van der Waals surface area contributed by atoms with Crippen LogP contribution < -0.4 is 0 Å². The van der Waals surface area contributed by atoms with Crippen LogP contribution in [0, 0.1) is 0 Å². The van der Waals surface area contributed by atoms with Gasteiger partial charge in [0.15, 0.2) is 0 Å². The summed E-state index contributed by atoms with van der Waals surface area (Å²) in [5.41, 5.74) is 0. The van der Waals surface area contributed by atoms with E-state index in [1.54, 1.807) is 0 Å². The number of nitrogens with zero attached hydrogens (tertiary/aromatic N) is 1. The van der Waals surface area contributed by atoms with Crippen LogP contribution in [0.2, 0.25) is 0 Å². The number of rotatable bonds is 5. The van der Waals surface area contributed by atoms with Crippen LogP contribution in [0.15, 0.2) is 0 Å². The van der Waals surface area contributed by atoms with Crippen molar-refractivity contribution in [3.63, 3.8) is 0 Å².